The SMILES string of the molecule is Cc1ccc(NC(=O)C(C)Sc2nnc(-c3ccccc3)n2C)c(C)c1. The van der Waals surface area contributed by atoms with Crippen LogP contribution in [0.15, 0.2) is 53.7 Å². The number of hydrogen-bond donors (Lipinski definition) is 1. The quantitative estimate of drug-likeness (QED) is 0.687. The zero-order valence-corrected chi connectivity index (χ0v) is 16.2. The fourth-order valence-electron chi connectivity index (χ4n) is 2.66. The third kappa shape index (κ3) is 3.96. The Morgan fingerprint density at radius 2 is 1.85 bits per heavy atom. The van der Waals surface area contributed by atoms with Crippen molar-refractivity contribution in [3.05, 3.63) is 59.7 Å². The highest BCUT2D eigenvalue weighted by Gasteiger charge is 2.20. The zero-order chi connectivity index (χ0) is 18.7. The van der Waals surface area contributed by atoms with Crippen LogP contribution in [0.4, 0.5) is 5.69 Å². The molecule has 0 fully saturated rings. The number of nitrogens with zero attached hydrogens (tertiary/aromatic N) is 3. The van der Waals surface area contributed by atoms with Gasteiger partial charge in [0.2, 0.25) is 5.91 Å². The topological polar surface area (TPSA) is 59.8 Å². The Hall–Kier alpha value is -2.60. The molecule has 3 aromatic rings. The molecule has 0 aliphatic carbocycles. The highest BCUT2D eigenvalue weighted by atomic mass is 32.2. The third-order valence-corrected chi connectivity index (χ3v) is 5.29. The molecule has 0 saturated carbocycles. The van der Waals surface area contributed by atoms with Crippen molar-refractivity contribution in [3.8, 4) is 11.4 Å². The lowest BCUT2D eigenvalue weighted by atomic mass is 10.1. The predicted molar refractivity (Wildman–Crippen MR) is 106 cm³/mol. The molecule has 0 aliphatic heterocycles. The van der Waals surface area contributed by atoms with Gasteiger partial charge in [-0.1, -0.05) is 59.8 Å². The second-order valence-electron chi connectivity index (χ2n) is 6.30. The standard InChI is InChI=1S/C20H22N4OS/c1-13-10-11-17(14(2)12-13)21-19(25)15(3)26-20-23-22-18(24(20)4)16-8-6-5-7-9-16/h5-12,15H,1-4H3,(H,21,25). The second-order valence-corrected chi connectivity index (χ2v) is 7.61. The van der Waals surface area contributed by atoms with E-state index in [1.165, 1.54) is 17.3 Å². The number of aryl methyl sites for hydroxylation is 2. The summed E-state index contributed by atoms with van der Waals surface area (Å²) in [5, 5.41) is 11.9. The molecule has 3 rings (SSSR count). The van der Waals surface area contributed by atoms with E-state index in [4.69, 9.17) is 0 Å². The molecule has 0 saturated heterocycles. The Bertz CT molecular complexity index is 921. The number of benzene rings is 2. The lowest BCUT2D eigenvalue weighted by Crippen LogP contribution is -2.23. The number of carbonyl (C=O) groups excluding carboxylic acids is 1. The molecule has 1 N–H and O–H groups in total. The molecule has 1 atom stereocenters. The van der Waals surface area contributed by atoms with Crippen LogP contribution in [0.5, 0.6) is 0 Å². The Balaban J connectivity index is 1.71. The van der Waals surface area contributed by atoms with Gasteiger partial charge in [-0.3, -0.25) is 4.79 Å². The smallest absolute Gasteiger partial charge is 0.237 e. The highest BCUT2D eigenvalue weighted by molar-refractivity contribution is 8.00. The molecule has 0 aliphatic rings. The molecule has 2 aromatic carbocycles. The van der Waals surface area contributed by atoms with Gasteiger partial charge in [-0.2, -0.15) is 0 Å². The summed E-state index contributed by atoms with van der Waals surface area (Å²) in [6.07, 6.45) is 0. The summed E-state index contributed by atoms with van der Waals surface area (Å²) in [5.74, 6) is 0.737. The first-order valence-corrected chi connectivity index (χ1v) is 9.33. The number of hydrogen-bond acceptors (Lipinski definition) is 4. The van der Waals surface area contributed by atoms with E-state index >= 15 is 0 Å². The van der Waals surface area contributed by atoms with Crippen LogP contribution in [-0.4, -0.2) is 25.9 Å². The first kappa shape index (κ1) is 18.2. The molecule has 1 heterocycles. The number of amides is 1. The van der Waals surface area contributed by atoms with E-state index in [2.05, 4.69) is 21.6 Å². The maximum atomic E-state index is 12.6. The van der Waals surface area contributed by atoms with Crippen molar-refractivity contribution in [2.24, 2.45) is 7.05 Å². The molecule has 1 unspecified atom stereocenters. The van der Waals surface area contributed by atoms with Crippen molar-refractivity contribution in [1.82, 2.24) is 14.8 Å². The number of nitrogens with one attached hydrogen (secondary N) is 1. The molecule has 1 aromatic heterocycles. The van der Waals surface area contributed by atoms with Crippen LogP contribution in [0.25, 0.3) is 11.4 Å². The summed E-state index contributed by atoms with van der Waals surface area (Å²) in [6, 6.07) is 15.9. The predicted octanol–water partition coefficient (Wildman–Crippen LogP) is 4.22. The largest absolute Gasteiger partial charge is 0.325 e. The normalized spacial score (nSPS) is 12.0. The van der Waals surface area contributed by atoms with Gasteiger partial charge in [0.15, 0.2) is 11.0 Å². The van der Waals surface area contributed by atoms with E-state index in [0.29, 0.717) is 5.16 Å². The lowest BCUT2D eigenvalue weighted by molar-refractivity contribution is -0.115. The maximum absolute atomic E-state index is 12.6. The van der Waals surface area contributed by atoms with Crippen LogP contribution >= 0.6 is 11.8 Å². The molecule has 5 nitrogen and oxygen atoms in total. The van der Waals surface area contributed by atoms with Gasteiger partial charge >= 0.3 is 0 Å². The van der Waals surface area contributed by atoms with Gasteiger partial charge in [0.1, 0.15) is 0 Å². The van der Waals surface area contributed by atoms with Crippen molar-refractivity contribution in [2.45, 2.75) is 31.2 Å². The number of rotatable bonds is 5. The van der Waals surface area contributed by atoms with E-state index in [1.807, 2.05) is 74.9 Å². The highest BCUT2D eigenvalue weighted by Crippen LogP contribution is 2.26. The Labute approximate surface area is 157 Å². The zero-order valence-electron chi connectivity index (χ0n) is 15.4. The van der Waals surface area contributed by atoms with Crippen LogP contribution in [0.3, 0.4) is 0 Å². The van der Waals surface area contributed by atoms with Crippen LogP contribution in [-0.2, 0) is 11.8 Å². The minimum absolute atomic E-state index is 0.0498. The van der Waals surface area contributed by atoms with Gasteiger partial charge in [-0.05, 0) is 32.4 Å². The number of aromatic nitrogens is 3. The van der Waals surface area contributed by atoms with Gasteiger partial charge in [0, 0.05) is 18.3 Å². The summed E-state index contributed by atoms with van der Waals surface area (Å²) in [6.45, 7) is 5.91. The Morgan fingerprint density at radius 1 is 1.12 bits per heavy atom. The molecule has 26 heavy (non-hydrogen) atoms. The minimum Gasteiger partial charge on any atom is -0.325 e. The first-order valence-electron chi connectivity index (χ1n) is 8.45. The summed E-state index contributed by atoms with van der Waals surface area (Å²) < 4.78 is 1.92. The van der Waals surface area contributed by atoms with Gasteiger partial charge in [-0.25, -0.2) is 0 Å². The van der Waals surface area contributed by atoms with E-state index in [1.54, 1.807) is 0 Å². The van der Waals surface area contributed by atoms with Crippen molar-refractivity contribution in [2.75, 3.05) is 5.32 Å². The summed E-state index contributed by atoms with van der Waals surface area (Å²) in [5.41, 5.74) is 4.08. The molecular weight excluding hydrogens is 344 g/mol. The van der Waals surface area contributed by atoms with E-state index in [-0.39, 0.29) is 11.2 Å². The van der Waals surface area contributed by atoms with Crippen LogP contribution in [0, 0.1) is 13.8 Å². The molecule has 134 valence electrons. The fourth-order valence-corrected chi connectivity index (χ4v) is 3.47. The van der Waals surface area contributed by atoms with Gasteiger partial charge < -0.3 is 9.88 Å². The lowest BCUT2D eigenvalue weighted by Gasteiger charge is -2.13. The number of carbonyl (C=O) groups is 1. The van der Waals surface area contributed by atoms with Crippen molar-refractivity contribution < 1.29 is 4.79 Å². The summed E-state index contributed by atoms with van der Waals surface area (Å²) in [7, 11) is 1.92. The molecule has 0 spiro atoms. The van der Waals surface area contributed by atoms with Gasteiger partial charge in [0.05, 0.1) is 5.25 Å². The third-order valence-electron chi connectivity index (χ3n) is 4.16. The summed E-state index contributed by atoms with van der Waals surface area (Å²) >= 11 is 1.40. The van der Waals surface area contributed by atoms with Crippen LogP contribution in [0.2, 0.25) is 0 Å². The average molecular weight is 366 g/mol. The monoisotopic (exact) mass is 366 g/mol. The van der Waals surface area contributed by atoms with Gasteiger partial charge in [0.25, 0.3) is 0 Å². The average Bonchev–Trinajstić information content (AvgIpc) is 2.98. The maximum Gasteiger partial charge on any atom is 0.237 e. The van der Waals surface area contributed by atoms with E-state index < -0.39 is 0 Å². The van der Waals surface area contributed by atoms with E-state index in [9.17, 15) is 4.79 Å². The molecule has 1 amide bonds. The molecular formula is C20H22N4OS. The fraction of sp³-hybridized carbons (Fsp3) is 0.250. The molecule has 6 heteroatoms. The Kier molecular flexibility index (Phi) is 5.42. The van der Waals surface area contributed by atoms with Gasteiger partial charge in [-0.15, -0.1) is 10.2 Å². The van der Waals surface area contributed by atoms with Crippen molar-refractivity contribution in [3.63, 3.8) is 0 Å². The number of thioether (sulfide) groups is 1. The van der Waals surface area contributed by atoms with Crippen molar-refractivity contribution >= 4 is 23.4 Å². The van der Waals surface area contributed by atoms with E-state index in [0.717, 1.165) is 22.6 Å². The molecule has 0 bridgehead atoms. The van der Waals surface area contributed by atoms with Crippen LogP contribution < -0.4 is 5.32 Å². The number of anilines is 1. The second kappa shape index (κ2) is 7.74. The Morgan fingerprint density at radius 3 is 2.54 bits per heavy atom. The minimum atomic E-state index is -0.290. The first-order chi connectivity index (χ1) is 12.5. The van der Waals surface area contributed by atoms with Crippen LogP contribution in [0.1, 0.15) is 18.1 Å². The van der Waals surface area contributed by atoms with Crippen molar-refractivity contribution in [1.29, 1.82) is 0 Å². The summed E-state index contributed by atoms with van der Waals surface area (Å²) in [4.78, 5) is 12.6. The molecule has 0 radical (unpaired) electrons.